The van der Waals surface area contributed by atoms with E-state index in [1.807, 2.05) is 0 Å². The highest BCUT2D eigenvalue weighted by atomic mass is 14.3. The quantitative estimate of drug-likeness (QED) is 0.513. The Morgan fingerprint density at radius 2 is 1.25 bits per heavy atom. The van der Waals surface area contributed by atoms with Crippen LogP contribution >= 0.6 is 0 Å². The van der Waals surface area contributed by atoms with Crippen LogP contribution in [0.4, 0.5) is 0 Å². The molecule has 2 rings (SSSR count). The fraction of sp³-hybridized carbons (Fsp3) is 0.875. The maximum atomic E-state index is 2.57. The third kappa shape index (κ3) is 3.96. The maximum absolute atomic E-state index is 2.57. The Bertz CT molecular complexity index is 196. The molecule has 1 fully saturated rings. The Hall–Kier alpha value is -0.260. The number of hydrogen-bond acceptors (Lipinski definition) is 0. The summed E-state index contributed by atoms with van der Waals surface area (Å²) in [7, 11) is 0. The lowest BCUT2D eigenvalue weighted by atomic mass is 9.78. The first-order valence-corrected chi connectivity index (χ1v) is 7.63. The van der Waals surface area contributed by atoms with Crippen molar-refractivity contribution in [2.45, 2.75) is 77.0 Å². The van der Waals surface area contributed by atoms with Crippen LogP contribution in [0.1, 0.15) is 77.0 Å². The SMILES string of the molecule is C1=C\C(C2CCCCCCC2)CCCCC/1. The second kappa shape index (κ2) is 7.14. The standard InChI is InChI=1S/C16H28/c1-3-7-11-15(12-8-4-1)16-13-9-5-2-6-10-14-16/h7,11,15-16H,1-6,8-10,12-14H2/b11-7-. The van der Waals surface area contributed by atoms with Crippen molar-refractivity contribution in [3.8, 4) is 0 Å². The van der Waals surface area contributed by atoms with Gasteiger partial charge in [0.15, 0.2) is 0 Å². The van der Waals surface area contributed by atoms with Crippen molar-refractivity contribution in [1.82, 2.24) is 0 Å². The number of hydrogen-bond donors (Lipinski definition) is 0. The second-order valence-electron chi connectivity index (χ2n) is 5.84. The van der Waals surface area contributed by atoms with E-state index in [2.05, 4.69) is 12.2 Å². The van der Waals surface area contributed by atoms with Crippen LogP contribution < -0.4 is 0 Å². The summed E-state index contributed by atoms with van der Waals surface area (Å²) in [5.74, 6) is 1.95. The molecule has 2 aliphatic rings. The molecular weight excluding hydrogens is 192 g/mol. The van der Waals surface area contributed by atoms with Gasteiger partial charge >= 0.3 is 0 Å². The van der Waals surface area contributed by atoms with E-state index in [9.17, 15) is 0 Å². The number of allylic oxidation sites excluding steroid dienone is 2. The molecule has 0 N–H and O–H groups in total. The van der Waals surface area contributed by atoms with Gasteiger partial charge in [0.05, 0.1) is 0 Å². The Morgan fingerprint density at radius 1 is 0.625 bits per heavy atom. The lowest BCUT2D eigenvalue weighted by molar-refractivity contribution is 0.285. The van der Waals surface area contributed by atoms with Gasteiger partial charge in [0.2, 0.25) is 0 Å². The highest BCUT2D eigenvalue weighted by Crippen LogP contribution is 2.33. The van der Waals surface area contributed by atoms with Gasteiger partial charge in [-0.3, -0.25) is 0 Å². The van der Waals surface area contributed by atoms with E-state index < -0.39 is 0 Å². The Morgan fingerprint density at radius 3 is 2.06 bits per heavy atom. The lowest BCUT2D eigenvalue weighted by Gasteiger charge is -2.27. The fourth-order valence-corrected chi connectivity index (χ4v) is 3.49. The highest BCUT2D eigenvalue weighted by molar-refractivity contribution is 4.93. The van der Waals surface area contributed by atoms with Gasteiger partial charge in [0, 0.05) is 0 Å². The lowest BCUT2D eigenvalue weighted by Crippen LogP contribution is -2.15. The maximum Gasteiger partial charge on any atom is -0.0205 e. The Kier molecular flexibility index (Phi) is 5.45. The Labute approximate surface area is 102 Å². The summed E-state index contributed by atoms with van der Waals surface area (Å²) in [5.41, 5.74) is 0. The minimum Gasteiger partial charge on any atom is -0.0882 e. The summed E-state index contributed by atoms with van der Waals surface area (Å²) < 4.78 is 0. The molecule has 0 amide bonds. The summed E-state index contributed by atoms with van der Waals surface area (Å²) in [6, 6.07) is 0. The first-order valence-electron chi connectivity index (χ1n) is 7.63. The van der Waals surface area contributed by atoms with Crippen LogP contribution in [0, 0.1) is 11.8 Å². The molecule has 92 valence electrons. The second-order valence-corrected chi connectivity index (χ2v) is 5.84. The predicted octanol–water partition coefficient (Wildman–Crippen LogP) is 5.48. The van der Waals surface area contributed by atoms with Gasteiger partial charge in [0.1, 0.15) is 0 Å². The van der Waals surface area contributed by atoms with Crippen LogP contribution in [0.5, 0.6) is 0 Å². The van der Waals surface area contributed by atoms with Crippen molar-refractivity contribution < 1.29 is 0 Å². The molecule has 0 aliphatic heterocycles. The van der Waals surface area contributed by atoms with Gasteiger partial charge in [-0.05, 0) is 43.9 Å². The summed E-state index contributed by atoms with van der Waals surface area (Å²) >= 11 is 0. The average Bonchev–Trinajstić information content (AvgIpc) is 2.18. The molecule has 0 heteroatoms. The van der Waals surface area contributed by atoms with Gasteiger partial charge < -0.3 is 0 Å². The third-order valence-corrected chi connectivity index (χ3v) is 4.55. The van der Waals surface area contributed by atoms with Crippen LogP contribution in [0.25, 0.3) is 0 Å². The summed E-state index contributed by atoms with van der Waals surface area (Å²) in [6.07, 6.45) is 22.7. The van der Waals surface area contributed by atoms with Crippen LogP contribution in [0.3, 0.4) is 0 Å². The minimum atomic E-state index is 0.929. The molecule has 0 aromatic carbocycles. The molecule has 0 bridgehead atoms. The molecule has 1 unspecified atom stereocenters. The van der Waals surface area contributed by atoms with Crippen LogP contribution in [0.2, 0.25) is 0 Å². The smallest absolute Gasteiger partial charge is 0.0205 e. The summed E-state index contributed by atoms with van der Waals surface area (Å²) in [4.78, 5) is 0. The molecule has 2 aliphatic carbocycles. The van der Waals surface area contributed by atoms with Crippen LogP contribution in [-0.4, -0.2) is 0 Å². The topological polar surface area (TPSA) is 0 Å². The molecule has 0 nitrogen and oxygen atoms in total. The Balaban J connectivity index is 1.88. The molecule has 0 saturated heterocycles. The van der Waals surface area contributed by atoms with Crippen molar-refractivity contribution >= 4 is 0 Å². The van der Waals surface area contributed by atoms with Gasteiger partial charge in [-0.1, -0.05) is 57.1 Å². The van der Waals surface area contributed by atoms with E-state index in [1.54, 1.807) is 0 Å². The van der Waals surface area contributed by atoms with E-state index in [0.29, 0.717) is 0 Å². The molecule has 1 atom stereocenters. The first kappa shape index (κ1) is 12.2. The predicted molar refractivity (Wildman–Crippen MR) is 71.5 cm³/mol. The minimum absolute atomic E-state index is 0.929. The van der Waals surface area contributed by atoms with Crippen molar-refractivity contribution in [3.63, 3.8) is 0 Å². The molecule has 0 heterocycles. The molecule has 0 aromatic heterocycles. The normalized spacial score (nSPS) is 32.1. The zero-order valence-corrected chi connectivity index (χ0v) is 10.8. The monoisotopic (exact) mass is 220 g/mol. The molecule has 1 saturated carbocycles. The first-order chi connectivity index (χ1) is 7.97. The fourth-order valence-electron chi connectivity index (χ4n) is 3.49. The molecule has 0 spiro atoms. The van der Waals surface area contributed by atoms with Gasteiger partial charge in [-0.15, -0.1) is 0 Å². The van der Waals surface area contributed by atoms with Crippen molar-refractivity contribution in [2.75, 3.05) is 0 Å². The molecule has 0 radical (unpaired) electrons. The third-order valence-electron chi connectivity index (χ3n) is 4.55. The molecule has 0 aromatic rings. The molecule has 16 heavy (non-hydrogen) atoms. The van der Waals surface area contributed by atoms with Crippen molar-refractivity contribution in [3.05, 3.63) is 12.2 Å². The van der Waals surface area contributed by atoms with Gasteiger partial charge in [-0.25, -0.2) is 0 Å². The van der Waals surface area contributed by atoms with Crippen molar-refractivity contribution in [2.24, 2.45) is 11.8 Å². The summed E-state index contributed by atoms with van der Waals surface area (Å²) in [6.45, 7) is 0. The van der Waals surface area contributed by atoms with Crippen LogP contribution in [-0.2, 0) is 0 Å². The van der Waals surface area contributed by atoms with Gasteiger partial charge in [0.25, 0.3) is 0 Å². The molecular formula is C16H28. The highest BCUT2D eigenvalue weighted by Gasteiger charge is 2.20. The van der Waals surface area contributed by atoms with E-state index >= 15 is 0 Å². The van der Waals surface area contributed by atoms with E-state index in [-0.39, 0.29) is 0 Å². The van der Waals surface area contributed by atoms with Crippen LogP contribution in [0.15, 0.2) is 12.2 Å². The average molecular weight is 220 g/mol. The van der Waals surface area contributed by atoms with E-state index in [4.69, 9.17) is 0 Å². The largest absolute Gasteiger partial charge is 0.0882 e. The summed E-state index contributed by atoms with van der Waals surface area (Å²) in [5, 5.41) is 0. The van der Waals surface area contributed by atoms with Gasteiger partial charge in [-0.2, -0.15) is 0 Å². The zero-order chi connectivity index (χ0) is 11.1. The van der Waals surface area contributed by atoms with Crippen molar-refractivity contribution in [1.29, 1.82) is 0 Å². The van der Waals surface area contributed by atoms with E-state index in [1.165, 1.54) is 77.0 Å². The number of rotatable bonds is 1. The van der Waals surface area contributed by atoms with E-state index in [0.717, 1.165) is 11.8 Å². The zero-order valence-electron chi connectivity index (χ0n) is 10.8.